The molecule has 0 aromatic carbocycles. The maximum atomic E-state index is 11.3. The molecule has 47 valence electrons. The quantitative estimate of drug-likeness (QED) is 0.463. The summed E-state index contributed by atoms with van der Waals surface area (Å²) in [6.45, 7) is 3.95. The van der Waals surface area contributed by atoms with Crippen molar-refractivity contribution < 1.29 is 13.2 Å². The molecule has 0 fully saturated rings. The van der Waals surface area contributed by atoms with Crippen LogP contribution in [-0.4, -0.2) is 6.18 Å². The molecule has 0 aliphatic rings. The topological polar surface area (TPSA) is 0 Å². The average Bonchev–Trinajstić information content (AvgIpc) is 1.62. The van der Waals surface area contributed by atoms with E-state index in [-0.39, 0.29) is 0 Å². The second-order valence-electron chi connectivity index (χ2n) is 1.38. The van der Waals surface area contributed by atoms with Crippen LogP contribution in [0.3, 0.4) is 0 Å². The van der Waals surface area contributed by atoms with E-state index in [0.29, 0.717) is 0 Å². The van der Waals surface area contributed by atoms with Crippen molar-refractivity contribution in [3.05, 3.63) is 18.6 Å². The van der Waals surface area contributed by atoms with Crippen LogP contribution in [0.2, 0.25) is 0 Å². The largest absolute Gasteiger partial charge is 0.412 e. The molecule has 0 aromatic rings. The highest BCUT2D eigenvalue weighted by Crippen LogP contribution is 2.23. The molecule has 0 bridgehead atoms. The molecule has 0 nitrogen and oxygen atoms in total. The van der Waals surface area contributed by atoms with Crippen LogP contribution in [0.4, 0.5) is 13.2 Å². The van der Waals surface area contributed by atoms with Crippen LogP contribution in [0.25, 0.3) is 0 Å². The molecule has 0 N–H and O–H groups in total. The summed E-state index contributed by atoms with van der Waals surface area (Å²) in [7, 11) is 0. The minimum absolute atomic E-state index is 0.655. The first kappa shape index (κ1) is 7.53. The summed E-state index contributed by atoms with van der Waals surface area (Å²) in [5.41, 5.74) is -0.655. The molecular formula is C5H6F3. The van der Waals surface area contributed by atoms with Gasteiger partial charge in [-0.2, -0.15) is 13.2 Å². The molecule has 0 saturated carbocycles. The van der Waals surface area contributed by atoms with Gasteiger partial charge in [0.15, 0.2) is 0 Å². The lowest BCUT2D eigenvalue weighted by Crippen LogP contribution is -2.07. The molecule has 0 aliphatic heterocycles. The Morgan fingerprint density at radius 2 is 1.88 bits per heavy atom. The second kappa shape index (κ2) is 2.20. The first-order valence-corrected chi connectivity index (χ1v) is 2.01. The van der Waals surface area contributed by atoms with E-state index in [1.807, 2.05) is 0 Å². The van der Waals surface area contributed by atoms with Gasteiger partial charge in [-0.15, -0.1) is 0 Å². The van der Waals surface area contributed by atoms with Gasteiger partial charge >= 0.3 is 6.18 Å². The third-order valence-electron chi connectivity index (χ3n) is 0.753. The van der Waals surface area contributed by atoms with Gasteiger partial charge in [0.2, 0.25) is 0 Å². The molecule has 0 aliphatic carbocycles. The monoisotopic (exact) mass is 123 g/mol. The molecule has 3 heteroatoms. The van der Waals surface area contributed by atoms with Gasteiger partial charge in [0, 0.05) is 5.57 Å². The molecular weight excluding hydrogens is 117 g/mol. The van der Waals surface area contributed by atoms with Gasteiger partial charge < -0.3 is 0 Å². The molecule has 1 radical (unpaired) electrons. The second-order valence-corrected chi connectivity index (χ2v) is 1.38. The predicted octanol–water partition coefficient (Wildman–Crippen LogP) is 2.33. The Morgan fingerprint density at radius 3 is 1.88 bits per heavy atom. The summed E-state index contributed by atoms with van der Waals surface area (Å²) < 4.78 is 34.0. The van der Waals surface area contributed by atoms with Crippen molar-refractivity contribution in [2.24, 2.45) is 0 Å². The van der Waals surface area contributed by atoms with Crippen LogP contribution < -0.4 is 0 Å². The Labute approximate surface area is 46.0 Å². The third-order valence-corrected chi connectivity index (χ3v) is 0.753. The summed E-state index contributed by atoms with van der Waals surface area (Å²) in [5, 5.41) is 0. The third kappa shape index (κ3) is 2.00. The summed E-state index contributed by atoms with van der Waals surface area (Å²) in [6.07, 6.45) is -3.40. The Bertz CT molecular complexity index is 98.7. The van der Waals surface area contributed by atoms with Gasteiger partial charge in [-0.05, 0) is 13.8 Å². The fourth-order valence-corrected chi connectivity index (χ4v) is 0.116. The zero-order valence-corrected chi connectivity index (χ0v) is 4.42. The van der Waals surface area contributed by atoms with Crippen molar-refractivity contribution in [3.8, 4) is 0 Å². The molecule has 0 atom stereocenters. The molecule has 0 amide bonds. The normalized spacial score (nSPS) is 14.4. The number of halogens is 3. The number of allylic oxidation sites excluding steroid dienone is 2. The van der Waals surface area contributed by atoms with Gasteiger partial charge in [0.1, 0.15) is 0 Å². The highest BCUT2D eigenvalue weighted by atomic mass is 19.4. The van der Waals surface area contributed by atoms with Crippen LogP contribution in [0.5, 0.6) is 0 Å². The number of rotatable bonds is 0. The van der Waals surface area contributed by atoms with E-state index in [9.17, 15) is 13.2 Å². The number of hydrogen-bond acceptors (Lipinski definition) is 0. The van der Waals surface area contributed by atoms with E-state index in [2.05, 4.69) is 6.92 Å². The number of alkyl halides is 3. The van der Waals surface area contributed by atoms with E-state index in [1.54, 1.807) is 0 Å². The van der Waals surface area contributed by atoms with Gasteiger partial charge in [0.25, 0.3) is 0 Å². The smallest absolute Gasteiger partial charge is 0.167 e. The van der Waals surface area contributed by atoms with Crippen LogP contribution in [0.15, 0.2) is 11.6 Å². The molecule has 0 rings (SSSR count). The van der Waals surface area contributed by atoms with E-state index in [4.69, 9.17) is 0 Å². The minimum atomic E-state index is -4.19. The lowest BCUT2D eigenvalue weighted by atomic mass is 10.3. The predicted molar refractivity (Wildman–Crippen MR) is 25.2 cm³/mol. The Hall–Kier alpha value is -0.470. The van der Waals surface area contributed by atoms with Gasteiger partial charge in [-0.1, -0.05) is 6.08 Å². The highest BCUT2D eigenvalue weighted by Gasteiger charge is 2.28. The fourth-order valence-electron chi connectivity index (χ4n) is 0.116. The molecule has 0 heterocycles. The van der Waals surface area contributed by atoms with Crippen molar-refractivity contribution in [3.63, 3.8) is 0 Å². The SMILES string of the molecule is [CH2]/C=C(/C)C(F)(F)F. The van der Waals surface area contributed by atoms with Crippen LogP contribution in [-0.2, 0) is 0 Å². The molecule has 8 heavy (non-hydrogen) atoms. The van der Waals surface area contributed by atoms with Gasteiger partial charge in [0.05, 0.1) is 0 Å². The zero-order chi connectivity index (χ0) is 6.78. The van der Waals surface area contributed by atoms with Crippen LogP contribution in [0.1, 0.15) is 6.92 Å². The average molecular weight is 123 g/mol. The van der Waals surface area contributed by atoms with Crippen molar-refractivity contribution in [1.82, 2.24) is 0 Å². The summed E-state index contributed by atoms with van der Waals surface area (Å²) in [4.78, 5) is 0. The standard InChI is InChI=1S/C5H6F3/c1-3-4(2)5(6,7)8/h3H,1H2,2H3/b4-3-. The maximum absolute atomic E-state index is 11.3. The fraction of sp³-hybridized carbons (Fsp3) is 0.400. The highest BCUT2D eigenvalue weighted by molar-refractivity contribution is 5.06. The number of hydrogen-bond donors (Lipinski definition) is 0. The zero-order valence-electron chi connectivity index (χ0n) is 4.42. The van der Waals surface area contributed by atoms with Crippen molar-refractivity contribution in [1.29, 1.82) is 0 Å². The van der Waals surface area contributed by atoms with Crippen molar-refractivity contribution in [2.45, 2.75) is 13.1 Å². The lowest BCUT2D eigenvalue weighted by molar-refractivity contribution is -0.0913. The van der Waals surface area contributed by atoms with E-state index in [1.165, 1.54) is 0 Å². The van der Waals surface area contributed by atoms with Crippen LogP contribution >= 0.6 is 0 Å². The van der Waals surface area contributed by atoms with Crippen molar-refractivity contribution in [2.75, 3.05) is 0 Å². The Balaban J connectivity index is 4.03. The molecule has 0 spiro atoms. The Kier molecular flexibility index (Phi) is 2.07. The summed E-state index contributed by atoms with van der Waals surface area (Å²) in [5.74, 6) is 0. The van der Waals surface area contributed by atoms with Gasteiger partial charge in [-0.3, -0.25) is 0 Å². The van der Waals surface area contributed by atoms with E-state index in [0.717, 1.165) is 13.0 Å². The maximum Gasteiger partial charge on any atom is 0.412 e. The molecule has 0 saturated heterocycles. The first-order chi connectivity index (χ1) is 3.48. The van der Waals surface area contributed by atoms with E-state index < -0.39 is 11.7 Å². The van der Waals surface area contributed by atoms with Crippen molar-refractivity contribution >= 4 is 0 Å². The summed E-state index contributed by atoms with van der Waals surface area (Å²) >= 11 is 0. The lowest BCUT2D eigenvalue weighted by Gasteiger charge is -2.03. The van der Waals surface area contributed by atoms with Gasteiger partial charge in [-0.25, -0.2) is 0 Å². The van der Waals surface area contributed by atoms with E-state index >= 15 is 0 Å². The van der Waals surface area contributed by atoms with Crippen LogP contribution in [0, 0.1) is 6.92 Å². The first-order valence-electron chi connectivity index (χ1n) is 2.01. The Morgan fingerprint density at radius 1 is 1.50 bits per heavy atom. The summed E-state index contributed by atoms with van der Waals surface area (Å²) in [6, 6.07) is 0. The molecule has 0 aromatic heterocycles. The molecule has 0 unspecified atom stereocenters. The minimum Gasteiger partial charge on any atom is -0.167 e.